The van der Waals surface area contributed by atoms with E-state index in [0.29, 0.717) is 25.7 Å². The highest BCUT2D eigenvalue weighted by atomic mass is 19.4. The van der Waals surface area contributed by atoms with Gasteiger partial charge in [0.05, 0.1) is 5.56 Å². The largest absolute Gasteiger partial charge is 0.481 e. The molecule has 158 valence electrons. The van der Waals surface area contributed by atoms with Crippen molar-refractivity contribution in [1.82, 2.24) is 0 Å². The van der Waals surface area contributed by atoms with E-state index in [1.807, 2.05) is 0 Å². The predicted molar refractivity (Wildman–Crippen MR) is 101 cm³/mol. The SMILES string of the molecule is O=C(O)CCCCCC[C@H]1C(=O)CC[C@@H]1C=CC(=O)c1ccc(C(F)(F)F)cc1. The second kappa shape index (κ2) is 10.4. The van der Waals surface area contributed by atoms with Crippen LogP contribution in [0.4, 0.5) is 13.2 Å². The third-order valence-corrected chi connectivity index (χ3v) is 5.30. The fourth-order valence-corrected chi connectivity index (χ4v) is 3.66. The Labute approximate surface area is 167 Å². The first-order valence-corrected chi connectivity index (χ1v) is 9.83. The molecule has 0 spiro atoms. The number of halogens is 3. The van der Waals surface area contributed by atoms with Gasteiger partial charge < -0.3 is 5.11 Å². The van der Waals surface area contributed by atoms with Crippen molar-refractivity contribution in [1.29, 1.82) is 0 Å². The van der Waals surface area contributed by atoms with Crippen LogP contribution in [-0.2, 0) is 15.8 Å². The molecule has 0 heterocycles. The molecule has 4 nitrogen and oxygen atoms in total. The molecule has 0 bridgehead atoms. The Balaban J connectivity index is 1.86. The average Bonchev–Trinajstić information content (AvgIpc) is 3.01. The summed E-state index contributed by atoms with van der Waals surface area (Å²) >= 11 is 0. The highest BCUT2D eigenvalue weighted by Crippen LogP contribution is 2.34. The van der Waals surface area contributed by atoms with Crippen LogP contribution in [0.25, 0.3) is 0 Å². The normalized spacial score (nSPS) is 19.8. The fourth-order valence-electron chi connectivity index (χ4n) is 3.66. The topological polar surface area (TPSA) is 71.4 Å². The number of aliphatic carboxylic acids is 1. The van der Waals surface area contributed by atoms with Crippen LogP contribution in [-0.4, -0.2) is 22.6 Å². The Bertz CT molecular complexity index is 750. The number of carbonyl (C=O) groups is 3. The first-order valence-electron chi connectivity index (χ1n) is 9.83. The van der Waals surface area contributed by atoms with E-state index >= 15 is 0 Å². The van der Waals surface area contributed by atoms with Crippen molar-refractivity contribution in [2.45, 2.75) is 57.5 Å². The number of hydrogen-bond acceptors (Lipinski definition) is 3. The minimum Gasteiger partial charge on any atom is -0.481 e. The zero-order valence-corrected chi connectivity index (χ0v) is 16.1. The van der Waals surface area contributed by atoms with Crippen molar-refractivity contribution < 1.29 is 32.7 Å². The molecule has 1 aromatic carbocycles. The predicted octanol–water partition coefficient (Wildman–Crippen LogP) is 5.46. The third-order valence-electron chi connectivity index (χ3n) is 5.30. The van der Waals surface area contributed by atoms with Gasteiger partial charge in [-0.25, -0.2) is 0 Å². The first kappa shape index (κ1) is 22.8. The molecule has 1 N–H and O–H groups in total. The van der Waals surface area contributed by atoms with Crippen LogP contribution < -0.4 is 0 Å². The molecule has 7 heteroatoms. The lowest BCUT2D eigenvalue weighted by Crippen LogP contribution is -2.13. The number of carboxylic acid groups (broad SMARTS) is 1. The maximum absolute atomic E-state index is 12.6. The molecular weight excluding hydrogens is 385 g/mol. The van der Waals surface area contributed by atoms with Crippen molar-refractivity contribution in [3.63, 3.8) is 0 Å². The molecule has 0 saturated heterocycles. The van der Waals surface area contributed by atoms with E-state index in [1.54, 1.807) is 6.08 Å². The lowest BCUT2D eigenvalue weighted by Gasteiger charge is -2.14. The van der Waals surface area contributed by atoms with Crippen LogP contribution in [0.3, 0.4) is 0 Å². The molecule has 0 amide bonds. The van der Waals surface area contributed by atoms with Crippen molar-refractivity contribution in [3.05, 3.63) is 47.5 Å². The highest BCUT2D eigenvalue weighted by molar-refractivity contribution is 6.04. The number of carboxylic acids is 1. The van der Waals surface area contributed by atoms with E-state index in [-0.39, 0.29) is 35.4 Å². The number of rotatable bonds is 10. The van der Waals surface area contributed by atoms with Gasteiger partial charge in [0.2, 0.25) is 0 Å². The molecule has 0 radical (unpaired) electrons. The van der Waals surface area contributed by atoms with Gasteiger partial charge in [0.15, 0.2) is 5.78 Å². The number of Topliss-reactive ketones (excluding diaryl/α,β-unsaturated/α-hetero) is 1. The van der Waals surface area contributed by atoms with Gasteiger partial charge in [0, 0.05) is 24.3 Å². The summed E-state index contributed by atoms with van der Waals surface area (Å²) in [7, 11) is 0. The summed E-state index contributed by atoms with van der Waals surface area (Å²) < 4.78 is 37.8. The number of benzene rings is 1. The standard InChI is InChI=1S/C22H25F3O4/c23-22(24,25)17-11-7-16(8-12-17)19(26)13-9-15-10-14-20(27)18(15)5-3-1-2-4-6-21(28)29/h7-9,11-13,15,18H,1-6,10,14H2,(H,28,29)/t15-,18+/m0/s1. The van der Waals surface area contributed by atoms with E-state index < -0.39 is 17.7 Å². The molecule has 1 aliphatic carbocycles. The Morgan fingerprint density at radius 1 is 1.07 bits per heavy atom. The summed E-state index contributed by atoms with van der Waals surface area (Å²) in [5.41, 5.74) is -0.628. The summed E-state index contributed by atoms with van der Waals surface area (Å²) in [4.78, 5) is 34.9. The second-order valence-corrected chi connectivity index (χ2v) is 7.42. The molecule has 1 saturated carbocycles. The molecule has 0 aromatic heterocycles. The second-order valence-electron chi connectivity index (χ2n) is 7.42. The molecule has 2 atom stereocenters. The molecule has 1 aliphatic rings. The third kappa shape index (κ3) is 7.15. The van der Waals surface area contributed by atoms with E-state index in [2.05, 4.69) is 0 Å². The highest BCUT2D eigenvalue weighted by Gasteiger charge is 2.32. The van der Waals surface area contributed by atoms with Crippen molar-refractivity contribution in [2.24, 2.45) is 11.8 Å². The molecule has 29 heavy (non-hydrogen) atoms. The monoisotopic (exact) mass is 410 g/mol. The quantitative estimate of drug-likeness (QED) is 0.316. The molecule has 0 unspecified atom stereocenters. The van der Waals surface area contributed by atoms with Gasteiger partial charge in [0.25, 0.3) is 0 Å². The Morgan fingerprint density at radius 3 is 2.34 bits per heavy atom. The number of ketones is 2. The number of carbonyl (C=O) groups excluding carboxylic acids is 2. The molecule has 1 fully saturated rings. The summed E-state index contributed by atoms with van der Waals surface area (Å²) in [5.74, 6) is -1.21. The smallest absolute Gasteiger partial charge is 0.416 e. The van der Waals surface area contributed by atoms with Gasteiger partial charge in [-0.05, 0) is 43.4 Å². The van der Waals surface area contributed by atoms with Crippen molar-refractivity contribution >= 4 is 17.5 Å². The zero-order valence-electron chi connectivity index (χ0n) is 16.1. The van der Waals surface area contributed by atoms with E-state index in [0.717, 1.165) is 43.5 Å². The number of alkyl halides is 3. The Kier molecular flexibility index (Phi) is 8.17. The fraction of sp³-hybridized carbons (Fsp3) is 0.500. The van der Waals surface area contributed by atoms with Gasteiger partial charge in [-0.3, -0.25) is 14.4 Å². The maximum Gasteiger partial charge on any atom is 0.416 e. The maximum atomic E-state index is 12.6. The van der Waals surface area contributed by atoms with Crippen LogP contribution in [0, 0.1) is 11.8 Å². The van der Waals surface area contributed by atoms with E-state index in [9.17, 15) is 27.6 Å². The molecule has 1 aromatic rings. The van der Waals surface area contributed by atoms with Gasteiger partial charge >= 0.3 is 12.1 Å². The van der Waals surface area contributed by atoms with Crippen LogP contribution in [0.2, 0.25) is 0 Å². The Hall–Kier alpha value is -2.44. The van der Waals surface area contributed by atoms with Crippen LogP contribution >= 0.6 is 0 Å². The number of allylic oxidation sites excluding steroid dienone is 2. The van der Waals surface area contributed by atoms with Gasteiger partial charge in [-0.2, -0.15) is 13.2 Å². The molecule has 0 aliphatic heterocycles. The van der Waals surface area contributed by atoms with Crippen molar-refractivity contribution in [3.8, 4) is 0 Å². The molecule has 2 rings (SSSR count). The average molecular weight is 410 g/mol. The summed E-state index contributed by atoms with van der Waals surface area (Å²) in [6.07, 6.45) is 3.72. The zero-order chi connectivity index (χ0) is 21.4. The summed E-state index contributed by atoms with van der Waals surface area (Å²) in [6, 6.07) is 4.08. The van der Waals surface area contributed by atoms with Crippen molar-refractivity contribution in [2.75, 3.05) is 0 Å². The first-order chi connectivity index (χ1) is 13.7. The summed E-state index contributed by atoms with van der Waals surface area (Å²) in [5, 5.41) is 8.62. The van der Waals surface area contributed by atoms with Crippen LogP contribution in [0.5, 0.6) is 0 Å². The van der Waals surface area contributed by atoms with Crippen LogP contribution in [0.1, 0.15) is 67.3 Å². The summed E-state index contributed by atoms with van der Waals surface area (Å²) in [6.45, 7) is 0. The lowest BCUT2D eigenvalue weighted by molar-refractivity contribution is -0.138. The van der Waals surface area contributed by atoms with Gasteiger partial charge in [0.1, 0.15) is 5.78 Å². The van der Waals surface area contributed by atoms with E-state index in [4.69, 9.17) is 5.11 Å². The van der Waals surface area contributed by atoms with Gasteiger partial charge in [-0.1, -0.05) is 37.5 Å². The number of unbranched alkanes of at least 4 members (excludes halogenated alkanes) is 3. The lowest BCUT2D eigenvalue weighted by atomic mass is 9.89. The minimum absolute atomic E-state index is 0.0417. The van der Waals surface area contributed by atoms with Crippen LogP contribution in [0.15, 0.2) is 36.4 Å². The minimum atomic E-state index is -4.44. The Morgan fingerprint density at radius 2 is 1.72 bits per heavy atom. The van der Waals surface area contributed by atoms with E-state index in [1.165, 1.54) is 6.08 Å². The molecular formula is C22H25F3O4. The van der Waals surface area contributed by atoms with Gasteiger partial charge in [-0.15, -0.1) is 0 Å². The number of hydrogen-bond donors (Lipinski definition) is 1.